The molecule has 142 valence electrons. The first kappa shape index (κ1) is 14.7. The van der Waals surface area contributed by atoms with E-state index in [1.165, 1.54) is 21.3 Å². The number of aryl methyl sites for hydroxylation is 1. The second-order valence-electron chi connectivity index (χ2n) is 5.73. The molecule has 27 heavy (non-hydrogen) atoms. The van der Waals surface area contributed by atoms with Gasteiger partial charge < -0.3 is 31.0 Å². The minimum absolute atomic E-state index is 0.0141. The van der Waals surface area contributed by atoms with Crippen LogP contribution in [0.1, 0.15) is 15.2 Å². The average Bonchev–Trinajstić information content (AvgIpc) is 2.70. The number of ether oxygens (including phenoxy) is 3. The lowest BCUT2D eigenvalue weighted by Crippen LogP contribution is -2.06. The quantitative estimate of drug-likeness (QED) is 0.604. The summed E-state index contributed by atoms with van der Waals surface area (Å²) in [5, 5.41) is 3.47. The zero-order valence-electron chi connectivity index (χ0n) is 18.3. The molecule has 0 radical (unpaired) electrons. The monoisotopic (exact) mass is 372 g/mol. The third-order valence-corrected chi connectivity index (χ3v) is 4.14. The fourth-order valence-electron chi connectivity index (χ4n) is 2.84. The van der Waals surface area contributed by atoms with Crippen LogP contribution in [-0.4, -0.2) is 31.3 Å². The van der Waals surface area contributed by atoms with Gasteiger partial charge in [-0.05, 0) is 24.0 Å². The summed E-state index contributed by atoms with van der Waals surface area (Å²) in [7, 11) is 4.56. The molecule has 0 fully saturated rings. The van der Waals surface area contributed by atoms with Gasteiger partial charge in [-0.25, -0.2) is 4.98 Å². The van der Waals surface area contributed by atoms with Gasteiger partial charge in [0, 0.05) is 33.9 Å². The number of nitrogens with two attached hydrogens (primary N) is 2. The van der Waals surface area contributed by atoms with Crippen LogP contribution in [0, 0.1) is 6.85 Å². The van der Waals surface area contributed by atoms with E-state index < -0.39 is 6.85 Å². The first-order chi connectivity index (χ1) is 14.2. The molecule has 0 aliphatic rings. The van der Waals surface area contributed by atoms with E-state index in [2.05, 4.69) is 15.3 Å². The van der Waals surface area contributed by atoms with Gasteiger partial charge in [-0.15, -0.1) is 0 Å². The smallest absolute Gasteiger partial charge is 0.222 e. The fraction of sp³-hybridized carbons (Fsp3) is 0.263. The molecule has 8 nitrogen and oxygen atoms in total. The lowest BCUT2D eigenvalue weighted by Gasteiger charge is -2.16. The van der Waals surface area contributed by atoms with E-state index in [0.717, 1.165) is 0 Å². The minimum Gasteiger partial charge on any atom is -0.493 e. The van der Waals surface area contributed by atoms with Gasteiger partial charge in [-0.2, -0.15) is 4.98 Å². The van der Waals surface area contributed by atoms with Gasteiger partial charge in [0.15, 0.2) is 11.5 Å². The molecule has 0 aliphatic heterocycles. The summed E-state index contributed by atoms with van der Waals surface area (Å²) in [6.45, 7) is -2.23. The molecule has 0 aliphatic carbocycles. The Morgan fingerprint density at radius 1 is 1.04 bits per heavy atom. The van der Waals surface area contributed by atoms with Crippen molar-refractivity contribution in [3.63, 3.8) is 0 Å². The van der Waals surface area contributed by atoms with Crippen molar-refractivity contribution in [2.75, 3.05) is 38.1 Å². The molecular weight excluding hydrogens is 346 g/mol. The normalized spacial score (nSPS) is 12.8. The summed E-state index contributed by atoms with van der Waals surface area (Å²) in [5.41, 5.74) is 13.3. The lowest BCUT2D eigenvalue weighted by atomic mass is 10.0. The summed E-state index contributed by atoms with van der Waals surface area (Å²) >= 11 is 0. The van der Waals surface area contributed by atoms with Gasteiger partial charge in [-0.1, -0.05) is 6.07 Å². The van der Waals surface area contributed by atoms with Crippen LogP contribution < -0.4 is 31.0 Å². The predicted molar refractivity (Wildman–Crippen MR) is 107 cm³/mol. The zero-order valence-corrected chi connectivity index (χ0v) is 15.3. The number of anilines is 3. The summed E-state index contributed by atoms with van der Waals surface area (Å²) in [4.78, 5) is 8.03. The molecule has 5 N–H and O–H groups in total. The molecule has 0 saturated carbocycles. The Labute approximate surface area is 161 Å². The van der Waals surface area contributed by atoms with Crippen molar-refractivity contribution in [2.45, 2.75) is 13.4 Å². The van der Waals surface area contributed by atoms with Crippen LogP contribution in [0.3, 0.4) is 0 Å². The molecule has 3 aromatic rings. The maximum absolute atomic E-state index is 8.02. The standard InChI is InChI=1S/C19H23N5O3/c1-10-11(5-6-13-16(10)18(20)24-19(21)23-13)9-22-12-7-14(25-2)17(27-4)15(8-12)26-3/h5-8,22H,9H2,1-4H3,(H4,20,21,23,24)/i1D3. The topological polar surface area (TPSA) is 118 Å². The first-order valence-electron chi connectivity index (χ1n) is 9.58. The van der Waals surface area contributed by atoms with E-state index in [9.17, 15) is 0 Å². The molecule has 0 unspecified atom stereocenters. The average molecular weight is 372 g/mol. The van der Waals surface area contributed by atoms with Gasteiger partial charge in [0.25, 0.3) is 0 Å². The van der Waals surface area contributed by atoms with Crippen molar-refractivity contribution in [2.24, 2.45) is 0 Å². The van der Waals surface area contributed by atoms with E-state index in [4.69, 9.17) is 29.8 Å². The Morgan fingerprint density at radius 3 is 2.33 bits per heavy atom. The van der Waals surface area contributed by atoms with Crippen molar-refractivity contribution >= 4 is 28.4 Å². The molecule has 0 saturated heterocycles. The maximum Gasteiger partial charge on any atom is 0.222 e. The highest BCUT2D eigenvalue weighted by molar-refractivity contribution is 5.92. The van der Waals surface area contributed by atoms with Gasteiger partial charge in [0.2, 0.25) is 11.7 Å². The number of benzene rings is 2. The summed E-state index contributed by atoms with van der Waals surface area (Å²) < 4.78 is 40.1. The largest absolute Gasteiger partial charge is 0.493 e. The number of rotatable bonds is 6. The number of hydrogen-bond donors (Lipinski definition) is 3. The predicted octanol–water partition coefficient (Wildman–Crippen LogP) is 2.74. The van der Waals surface area contributed by atoms with Crippen LogP contribution in [0.15, 0.2) is 24.3 Å². The van der Waals surface area contributed by atoms with Crippen LogP contribution in [0.2, 0.25) is 0 Å². The SMILES string of the molecule is [2H]C([2H])([2H])c1c(CNc2cc(OC)c(OC)c(OC)c2)ccc2nc(N)nc(N)c12. The number of nitrogens with zero attached hydrogens (tertiary/aromatic N) is 2. The molecule has 0 bridgehead atoms. The minimum atomic E-state index is -2.43. The number of nitrogens with one attached hydrogen (secondary N) is 1. The molecule has 8 heteroatoms. The van der Waals surface area contributed by atoms with Gasteiger partial charge in [0.05, 0.1) is 26.8 Å². The first-order valence-corrected chi connectivity index (χ1v) is 8.08. The zero-order chi connectivity index (χ0) is 22.1. The molecular formula is C19H23N5O3. The van der Waals surface area contributed by atoms with Crippen LogP contribution in [0.5, 0.6) is 17.2 Å². The van der Waals surface area contributed by atoms with E-state index in [1.54, 1.807) is 24.3 Å². The Hall–Kier alpha value is -3.42. The highest BCUT2D eigenvalue weighted by atomic mass is 16.5. The van der Waals surface area contributed by atoms with Crippen molar-refractivity contribution in [3.8, 4) is 17.2 Å². The summed E-state index contributed by atoms with van der Waals surface area (Å²) in [6.07, 6.45) is 0. The summed E-state index contributed by atoms with van der Waals surface area (Å²) in [5.74, 6) is 1.42. The number of aromatic nitrogens is 2. The second-order valence-corrected chi connectivity index (χ2v) is 5.73. The molecule has 1 aromatic heterocycles. The van der Waals surface area contributed by atoms with Crippen LogP contribution in [0.4, 0.5) is 17.5 Å². The number of nitrogen functional groups attached to an aromatic ring is 2. The lowest BCUT2D eigenvalue weighted by molar-refractivity contribution is 0.324. The Morgan fingerprint density at radius 2 is 1.74 bits per heavy atom. The Bertz CT molecular complexity index is 1060. The summed E-state index contributed by atoms with van der Waals surface area (Å²) in [6, 6.07) is 6.82. The van der Waals surface area contributed by atoms with Crippen LogP contribution in [-0.2, 0) is 6.54 Å². The third-order valence-electron chi connectivity index (χ3n) is 4.14. The van der Waals surface area contributed by atoms with Crippen molar-refractivity contribution in [1.29, 1.82) is 0 Å². The molecule has 1 heterocycles. The van der Waals surface area contributed by atoms with Crippen molar-refractivity contribution < 1.29 is 18.3 Å². The molecule has 0 spiro atoms. The maximum atomic E-state index is 8.02. The van der Waals surface area contributed by atoms with Crippen molar-refractivity contribution in [1.82, 2.24) is 9.97 Å². The van der Waals surface area contributed by atoms with Gasteiger partial charge in [-0.3, -0.25) is 0 Å². The molecule has 0 amide bonds. The molecule has 0 atom stereocenters. The Kier molecular flexibility index (Phi) is 4.06. The second kappa shape index (κ2) is 7.45. The number of fused-ring (bicyclic) bond motifs is 1. The van der Waals surface area contributed by atoms with Crippen LogP contribution in [0.25, 0.3) is 10.9 Å². The van der Waals surface area contributed by atoms with E-state index >= 15 is 0 Å². The van der Waals surface area contributed by atoms with E-state index in [-0.39, 0.29) is 29.3 Å². The molecule has 3 rings (SSSR count). The highest BCUT2D eigenvalue weighted by Crippen LogP contribution is 2.40. The number of hydrogen-bond acceptors (Lipinski definition) is 8. The third kappa shape index (κ3) is 3.46. The van der Waals surface area contributed by atoms with Gasteiger partial charge in [0.1, 0.15) is 5.82 Å². The Balaban J connectivity index is 2.05. The van der Waals surface area contributed by atoms with Crippen molar-refractivity contribution in [3.05, 3.63) is 35.4 Å². The van der Waals surface area contributed by atoms with E-state index in [1.807, 2.05) is 0 Å². The fourth-order valence-corrected chi connectivity index (χ4v) is 2.84. The van der Waals surface area contributed by atoms with Crippen LogP contribution >= 0.6 is 0 Å². The number of methoxy groups -OCH3 is 3. The van der Waals surface area contributed by atoms with Gasteiger partial charge >= 0.3 is 0 Å². The molecule has 2 aromatic carbocycles. The van der Waals surface area contributed by atoms with E-state index in [0.29, 0.717) is 34.0 Å². The highest BCUT2D eigenvalue weighted by Gasteiger charge is 2.14.